The van der Waals surface area contributed by atoms with E-state index in [4.69, 9.17) is 0 Å². The van der Waals surface area contributed by atoms with E-state index in [2.05, 4.69) is 11.1 Å². The van der Waals surface area contributed by atoms with E-state index in [1.54, 1.807) is 48.0 Å². The summed E-state index contributed by atoms with van der Waals surface area (Å²) in [5, 5.41) is 9.52. The third kappa shape index (κ3) is 5.45. The van der Waals surface area contributed by atoms with Gasteiger partial charge in [0.2, 0.25) is 20.0 Å². The van der Waals surface area contributed by atoms with Gasteiger partial charge >= 0.3 is 0 Å². The minimum Gasteiger partial charge on any atom is -0.337 e. The van der Waals surface area contributed by atoms with Crippen LogP contribution in [-0.2, 0) is 45.8 Å². The molecule has 2 heterocycles. The summed E-state index contributed by atoms with van der Waals surface area (Å²) >= 11 is 0. The molecular weight excluding hydrogens is 534 g/mol. The Kier molecular flexibility index (Phi) is 7.27. The second-order valence-electron chi connectivity index (χ2n) is 9.45. The number of fused-ring (bicyclic) bond motifs is 1. The van der Waals surface area contributed by atoms with E-state index in [-0.39, 0.29) is 30.2 Å². The van der Waals surface area contributed by atoms with Gasteiger partial charge in [-0.15, -0.1) is 0 Å². The SMILES string of the molecule is Cn1cncc1CS(=O)(=O)N1CC(N(Cc2ccccc2)S(=O)(=O)c2ccccc2)Cc2cc(C#N)ccc21. The van der Waals surface area contributed by atoms with Gasteiger partial charge in [0.15, 0.2) is 0 Å². The van der Waals surface area contributed by atoms with Crippen LogP contribution in [-0.4, -0.2) is 43.3 Å². The lowest BCUT2D eigenvalue weighted by atomic mass is 9.97. The highest BCUT2D eigenvalue weighted by Gasteiger charge is 2.40. The molecule has 0 spiro atoms. The molecule has 0 radical (unpaired) electrons. The Morgan fingerprint density at radius 1 is 1.00 bits per heavy atom. The lowest BCUT2D eigenvalue weighted by Gasteiger charge is -2.40. The molecule has 200 valence electrons. The van der Waals surface area contributed by atoms with E-state index < -0.39 is 26.1 Å². The highest BCUT2D eigenvalue weighted by atomic mass is 32.2. The quantitative estimate of drug-likeness (QED) is 0.325. The first kappa shape index (κ1) is 26.6. The van der Waals surface area contributed by atoms with Gasteiger partial charge in [-0.2, -0.15) is 9.57 Å². The van der Waals surface area contributed by atoms with Gasteiger partial charge in [-0.1, -0.05) is 48.5 Å². The van der Waals surface area contributed by atoms with E-state index in [1.807, 2.05) is 30.3 Å². The van der Waals surface area contributed by atoms with Gasteiger partial charge in [-0.3, -0.25) is 4.31 Å². The van der Waals surface area contributed by atoms with Gasteiger partial charge in [0.05, 0.1) is 40.8 Å². The second kappa shape index (κ2) is 10.6. The predicted octanol–water partition coefficient (Wildman–Crippen LogP) is 3.44. The summed E-state index contributed by atoms with van der Waals surface area (Å²) in [7, 11) is -6.23. The topological polar surface area (TPSA) is 116 Å². The number of imidazole rings is 1. The minimum atomic E-state index is -4.01. The molecule has 1 aliphatic rings. The van der Waals surface area contributed by atoms with Crippen molar-refractivity contribution >= 4 is 25.7 Å². The molecule has 4 aromatic rings. The van der Waals surface area contributed by atoms with Crippen molar-refractivity contribution in [1.82, 2.24) is 13.9 Å². The Labute approximate surface area is 228 Å². The van der Waals surface area contributed by atoms with Crippen LogP contribution in [0.2, 0.25) is 0 Å². The maximum absolute atomic E-state index is 14.0. The van der Waals surface area contributed by atoms with Crippen molar-refractivity contribution in [3.8, 4) is 6.07 Å². The molecule has 0 saturated heterocycles. The molecule has 0 amide bonds. The summed E-state index contributed by atoms with van der Waals surface area (Å²) in [5.74, 6) is -0.306. The van der Waals surface area contributed by atoms with Crippen LogP contribution in [0.5, 0.6) is 0 Å². The van der Waals surface area contributed by atoms with Gasteiger partial charge in [0, 0.05) is 25.8 Å². The van der Waals surface area contributed by atoms with Crippen molar-refractivity contribution in [2.75, 3.05) is 10.8 Å². The number of nitrogens with zero attached hydrogens (tertiary/aromatic N) is 5. The third-order valence-corrected chi connectivity index (χ3v) is 10.4. The maximum atomic E-state index is 14.0. The number of nitriles is 1. The molecule has 1 aliphatic heterocycles. The van der Waals surface area contributed by atoms with Crippen molar-refractivity contribution < 1.29 is 16.8 Å². The average molecular weight is 562 g/mol. The standard InChI is InChI=1S/C28H27N5O4S2/c1-31-21-30-17-26(31)20-38(34,35)33-19-25(15-24-14-23(16-29)12-13-28(24)33)32(18-22-8-4-2-5-9-22)39(36,37)27-10-6-3-7-11-27/h2-14,17,21,25H,15,18-20H2,1H3. The fraction of sp³-hybridized carbons (Fsp3) is 0.214. The first-order valence-electron chi connectivity index (χ1n) is 12.3. The molecule has 1 unspecified atom stereocenters. The summed E-state index contributed by atoms with van der Waals surface area (Å²) in [6.07, 6.45) is 3.28. The van der Waals surface area contributed by atoms with Crippen molar-refractivity contribution in [3.63, 3.8) is 0 Å². The summed E-state index contributed by atoms with van der Waals surface area (Å²) < 4.78 is 60.0. The van der Waals surface area contributed by atoms with Gasteiger partial charge in [-0.25, -0.2) is 21.8 Å². The van der Waals surface area contributed by atoms with Crippen LogP contribution in [0.4, 0.5) is 5.69 Å². The predicted molar refractivity (Wildman–Crippen MR) is 147 cm³/mol. The Bertz CT molecular complexity index is 1730. The summed E-state index contributed by atoms with van der Waals surface area (Å²) in [5.41, 5.74) is 2.70. The Hall–Kier alpha value is -3.98. The number of benzene rings is 3. The Morgan fingerprint density at radius 3 is 2.33 bits per heavy atom. The maximum Gasteiger partial charge on any atom is 0.243 e. The summed E-state index contributed by atoms with van der Waals surface area (Å²) in [6.45, 7) is -0.0103. The Balaban J connectivity index is 1.61. The van der Waals surface area contributed by atoms with Crippen molar-refractivity contribution in [2.24, 2.45) is 7.05 Å². The van der Waals surface area contributed by atoms with Crippen LogP contribution < -0.4 is 4.31 Å². The van der Waals surface area contributed by atoms with E-state index >= 15 is 0 Å². The third-order valence-electron chi connectivity index (χ3n) is 6.83. The first-order chi connectivity index (χ1) is 18.7. The largest absolute Gasteiger partial charge is 0.337 e. The van der Waals surface area contributed by atoms with E-state index in [9.17, 15) is 22.1 Å². The number of rotatable bonds is 8. The highest BCUT2D eigenvalue weighted by Crippen LogP contribution is 2.35. The molecule has 11 heteroatoms. The summed E-state index contributed by atoms with van der Waals surface area (Å²) in [6, 6.07) is 23.6. The molecular formula is C28H27N5O4S2. The molecule has 0 saturated carbocycles. The number of anilines is 1. The zero-order valence-electron chi connectivity index (χ0n) is 21.3. The smallest absolute Gasteiger partial charge is 0.243 e. The van der Waals surface area contributed by atoms with Crippen LogP contribution in [0.3, 0.4) is 0 Å². The van der Waals surface area contributed by atoms with Crippen molar-refractivity contribution in [1.29, 1.82) is 5.26 Å². The van der Waals surface area contributed by atoms with Gasteiger partial charge in [-0.05, 0) is 47.9 Å². The lowest BCUT2D eigenvalue weighted by molar-refractivity contribution is 0.310. The number of aryl methyl sites for hydroxylation is 1. The van der Waals surface area contributed by atoms with Crippen LogP contribution in [0, 0.1) is 11.3 Å². The molecule has 0 fully saturated rings. The molecule has 39 heavy (non-hydrogen) atoms. The van der Waals surface area contributed by atoms with Crippen molar-refractivity contribution in [3.05, 3.63) is 114 Å². The number of aromatic nitrogens is 2. The molecule has 0 bridgehead atoms. The van der Waals surface area contributed by atoms with Gasteiger partial charge in [0.1, 0.15) is 5.75 Å². The monoisotopic (exact) mass is 561 g/mol. The minimum absolute atomic E-state index is 0.0611. The zero-order valence-corrected chi connectivity index (χ0v) is 22.9. The molecule has 9 nitrogen and oxygen atoms in total. The second-order valence-corrected chi connectivity index (χ2v) is 13.2. The number of hydrogen-bond donors (Lipinski definition) is 0. The van der Waals surface area contributed by atoms with Crippen molar-refractivity contribution in [2.45, 2.75) is 29.7 Å². The normalized spacial score (nSPS) is 15.6. The van der Waals surface area contributed by atoms with Gasteiger partial charge in [0.25, 0.3) is 0 Å². The lowest BCUT2D eigenvalue weighted by Crippen LogP contribution is -2.52. The van der Waals surface area contributed by atoms with Crippen LogP contribution in [0.15, 0.2) is 96.3 Å². The number of sulfonamides is 2. The van der Waals surface area contributed by atoms with Crippen LogP contribution in [0.25, 0.3) is 0 Å². The highest BCUT2D eigenvalue weighted by molar-refractivity contribution is 7.92. The molecule has 1 aromatic heterocycles. The molecule has 0 N–H and O–H groups in total. The molecule has 1 atom stereocenters. The van der Waals surface area contributed by atoms with E-state index in [0.29, 0.717) is 22.5 Å². The zero-order chi connectivity index (χ0) is 27.6. The van der Waals surface area contributed by atoms with E-state index in [1.165, 1.54) is 33.3 Å². The average Bonchev–Trinajstić information content (AvgIpc) is 3.34. The van der Waals surface area contributed by atoms with Gasteiger partial charge < -0.3 is 4.57 Å². The van der Waals surface area contributed by atoms with Crippen LogP contribution >= 0.6 is 0 Å². The summed E-state index contributed by atoms with van der Waals surface area (Å²) in [4.78, 5) is 4.16. The number of hydrogen-bond acceptors (Lipinski definition) is 6. The molecule has 0 aliphatic carbocycles. The molecule has 3 aromatic carbocycles. The fourth-order valence-corrected chi connectivity index (χ4v) is 8.13. The molecule has 5 rings (SSSR count). The first-order valence-corrected chi connectivity index (χ1v) is 15.3. The Morgan fingerprint density at radius 2 is 1.69 bits per heavy atom. The van der Waals surface area contributed by atoms with E-state index in [0.717, 1.165) is 5.56 Å². The van der Waals surface area contributed by atoms with Crippen LogP contribution in [0.1, 0.15) is 22.4 Å². The fourth-order valence-electron chi connectivity index (χ4n) is 4.82.